The Labute approximate surface area is 202 Å². The van der Waals surface area contributed by atoms with Crippen molar-refractivity contribution < 1.29 is 28.0 Å². The van der Waals surface area contributed by atoms with Crippen molar-refractivity contribution in [2.45, 2.75) is 4.90 Å². The van der Waals surface area contributed by atoms with Crippen molar-refractivity contribution in [1.29, 1.82) is 0 Å². The van der Waals surface area contributed by atoms with Gasteiger partial charge in [0.15, 0.2) is 0 Å². The van der Waals surface area contributed by atoms with Gasteiger partial charge in [-0.05, 0) is 30.3 Å². The first-order valence-electron chi connectivity index (χ1n) is 6.04. The zero-order chi connectivity index (χ0) is 18.1. The van der Waals surface area contributed by atoms with Crippen LogP contribution in [0.1, 0.15) is 10.4 Å². The average Bonchev–Trinajstić information content (AvgIpc) is 2.47. The average molecular weight is 437 g/mol. The van der Waals surface area contributed by atoms with Crippen LogP contribution in [0.4, 0.5) is 11.4 Å². The van der Waals surface area contributed by atoms with E-state index in [4.69, 9.17) is 32.9 Å². The molecule has 0 aliphatic rings. The molecule has 13 heteroatoms. The minimum atomic E-state index is -4.54. The fraction of sp³-hybridized carbons (Fsp3) is 0. The summed E-state index contributed by atoms with van der Waals surface area (Å²) in [7, 11) is -4.54. The standard InChI is InChI=1S/C13H8Cl2N2O6S.2Na/c14-8-5-12(24(21,22)23)9(15)4-10(8)17-16-6-1-2-11(18)7(3-6)13(19)20;;/h1-5,18H,(H,19,20)(H,21,22,23);;. The van der Waals surface area contributed by atoms with Gasteiger partial charge in [0.2, 0.25) is 0 Å². The van der Waals surface area contributed by atoms with E-state index in [1.54, 1.807) is 0 Å². The number of aromatic hydroxyl groups is 1. The summed E-state index contributed by atoms with van der Waals surface area (Å²) in [6.45, 7) is 0. The quantitative estimate of drug-likeness (QED) is 0.382. The van der Waals surface area contributed by atoms with Crippen LogP contribution in [0.15, 0.2) is 45.5 Å². The number of azo groups is 1. The maximum atomic E-state index is 11.1. The molecule has 0 fully saturated rings. The maximum Gasteiger partial charge on any atom is 0.339 e. The van der Waals surface area contributed by atoms with Gasteiger partial charge in [0.25, 0.3) is 10.1 Å². The van der Waals surface area contributed by atoms with Crippen molar-refractivity contribution in [1.82, 2.24) is 0 Å². The van der Waals surface area contributed by atoms with Crippen LogP contribution < -0.4 is 0 Å². The number of nitrogens with zero attached hydrogens (tertiary/aromatic N) is 2. The molecule has 2 radical (unpaired) electrons. The summed E-state index contributed by atoms with van der Waals surface area (Å²) in [6, 6.07) is 5.52. The third kappa shape index (κ3) is 6.45. The molecule has 2 rings (SSSR count). The van der Waals surface area contributed by atoms with Crippen molar-refractivity contribution in [3.63, 3.8) is 0 Å². The Balaban J connectivity index is 0.00000312. The predicted molar refractivity (Wildman–Crippen MR) is 97.0 cm³/mol. The minimum Gasteiger partial charge on any atom is -0.507 e. The molecule has 0 aliphatic heterocycles. The number of carboxylic acid groups (broad SMARTS) is 1. The van der Waals surface area contributed by atoms with Crippen LogP contribution in [0.5, 0.6) is 5.75 Å². The Kier molecular flexibility index (Phi) is 10.3. The monoisotopic (exact) mass is 436 g/mol. The number of aromatic carboxylic acids is 1. The third-order valence-electron chi connectivity index (χ3n) is 2.76. The van der Waals surface area contributed by atoms with Gasteiger partial charge >= 0.3 is 5.97 Å². The minimum absolute atomic E-state index is 0. The molecule has 26 heavy (non-hydrogen) atoms. The number of hydrogen-bond acceptors (Lipinski definition) is 6. The second-order valence-electron chi connectivity index (χ2n) is 4.42. The molecule has 2 aromatic carbocycles. The van der Waals surface area contributed by atoms with E-state index in [1.807, 2.05) is 0 Å². The van der Waals surface area contributed by atoms with E-state index in [1.165, 1.54) is 6.07 Å². The van der Waals surface area contributed by atoms with Crippen LogP contribution in [0.25, 0.3) is 0 Å². The molecule has 0 saturated heterocycles. The van der Waals surface area contributed by atoms with E-state index in [0.717, 1.165) is 24.3 Å². The number of hydrogen-bond donors (Lipinski definition) is 3. The predicted octanol–water partition coefficient (Wildman–Crippen LogP) is 3.30. The Morgan fingerprint density at radius 3 is 2.15 bits per heavy atom. The molecule has 0 aliphatic carbocycles. The number of halogens is 2. The van der Waals surface area contributed by atoms with Crippen molar-refractivity contribution in [2.75, 3.05) is 0 Å². The van der Waals surface area contributed by atoms with Crippen molar-refractivity contribution in [3.8, 4) is 5.75 Å². The van der Waals surface area contributed by atoms with Gasteiger partial charge in [-0.25, -0.2) is 4.79 Å². The van der Waals surface area contributed by atoms with E-state index in [0.29, 0.717) is 0 Å². The number of rotatable bonds is 4. The Bertz CT molecular complexity index is 969. The summed E-state index contributed by atoms with van der Waals surface area (Å²) in [5.41, 5.74) is -0.257. The first kappa shape index (κ1) is 25.8. The molecule has 0 amide bonds. The summed E-state index contributed by atoms with van der Waals surface area (Å²) in [5.74, 6) is -1.77. The Morgan fingerprint density at radius 2 is 1.62 bits per heavy atom. The number of carbonyl (C=O) groups is 1. The van der Waals surface area contributed by atoms with E-state index in [2.05, 4.69) is 10.2 Å². The summed E-state index contributed by atoms with van der Waals surface area (Å²) in [4.78, 5) is 10.3. The molecular formula is C13H8Cl2N2Na2O6S. The van der Waals surface area contributed by atoms with Gasteiger partial charge in [-0.1, -0.05) is 23.2 Å². The van der Waals surface area contributed by atoms with Crippen LogP contribution in [0.3, 0.4) is 0 Å². The second-order valence-corrected chi connectivity index (χ2v) is 6.62. The van der Waals surface area contributed by atoms with Crippen LogP contribution in [0.2, 0.25) is 10.0 Å². The van der Waals surface area contributed by atoms with Crippen molar-refractivity contribution >= 4 is 110 Å². The molecule has 0 saturated carbocycles. The normalized spacial score (nSPS) is 10.9. The van der Waals surface area contributed by atoms with Gasteiger partial charge in [-0.2, -0.15) is 13.5 Å². The molecule has 2 aromatic rings. The summed E-state index contributed by atoms with van der Waals surface area (Å²) in [6.07, 6.45) is 0. The summed E-state index contributed by atoms with van der Waals surface area (Å²) < 4.78 is 31.2. The largest absolute Gasteiger partial charge is 0.507 e. The molecule has 0 atom stereocenters. The van der Waals surface area contributed by atoms with Crippen LogP contribution >= 0.6 is 23.2 Å². The molecule has 0 spiro atoms. The Hall–Kier alpha value is -0.200. The molecule has 3 N–H and O–H groups in total. The Morgan fingerprint density at radius 1 is 1.00 bits per heavy atom. The number of benzene rings is 2. The topological polar surface area (TPSA) is 137 Å². The maximum absolute atomic E-state index is 11.1. The molecule has 0 aromatic heterocycles. The fourth-order valence-electron chi connectivity index (χ4n) is 1.66. The van der Waals surface area contributed by atoms with Crippen LogP contribution in [-0.2, 0) is 10.1 Å². The van der Waals surface area contributed by atoms with E-state index in [9.17, 15) is 18.3 Å². The molecular weight excluding hydrogens is 429 g/mol. The molecule has 0 bridgehead atoms. The number of carboxylic acids is 1. The van der Waals surface area contributed by atoms with Gasteiger partial charge < -0.3 is 10.2 Å². The zero-order valence-corrected chi connectivity index (χ0v) is 19.8. The van der Waals surface area contributed by atoms with Crippen molar-refractivity contribution in [3.05, 3.63) is 45.9 Å². The molecule has 0 unspecified atom stereocenters. The summed E-state index contributed by atoms with van der Waals surface area (Å²) in [5, 5.41) is 25.4. The van der Waals surface area contributed by atoms with E-state index in [-0.39, 0.29) is 86.1 Å². The van der Waals surface area contributed by atoms with Gasteiger partial charge in [-0.15, -0.1) is 5.11 Å². The summed E-state index contributed by atoms with van der Waals surface area (Å²) >= 11 is 11.6. The molecule has 128 valence electrons. The zero-order valence-electron chi connectivity index (χ0n) is 13.5. The van der Waals surface area contributed by atoms with Crippen LogP contribution in [0, 0.1) is 0 Å². The third-order valence-corrected chi connectivity index (χ3v) is 4.38. The number of phenols is 1. The van der Waals surface area contributed by atoms with Gasteiger partial charge in [0.1, 0.15) is 21.9 Å². The van der Waals surface area contributed by atoms with Gasteiger partial charge in [-0.3, -0.25) is 4.55 Å². The molecule has 8 nitrogen and oxygen atoms in total. The second kappa shape index (κ2) is 10.4. The SMILES string of the molecule is O=C(O)c1cc(N=Nc2cc(Cl)c(S(=O)(=O)O)cc2Cl)ccc1O.[Na].[Na]. The van der Waals surface area contributed by atoms with E-state index >= 15 is 0 Å². The smallest absolute Gasteiger partial charge is 0.339 e. The first-order valence-corrected chi connectivity index (χ1v) is 8.24. The fourth-order valence-corrected chi connectivity index (χ4v) is 2.95. The molecule has 0 heterocycles. The van der Waals surface area contributed by atoms with Gasteiger partial charge in [0, 0.05) is 59.1 Å². The van der Waals surface area contributed by atoms with Crippen molar-refractivity contribution in [2.24, 2.45) is 10.2 Å². The van der Waals surface area contributed by atoms with Crippen LogP contribution in [-0.4, -0.2) is 88.3 Å². The van der Waals surface area contributed by atoms with Gasteiger partial charge in [0.05, 0.1) is 15.7 Å². The first-order chi connectivity index (χ1) is 11.1. The van der Waals surface area contributed by atoms with E-state index < -0.39 is 26.7 Å².